The predicted molar refractivity (Wildman–Crippen MR) is 55.5 cm³/mol. The normalized spacial score (nSPS) is 10.7. The van der Waals surface area contributed by atoms with Crippen molar-refractivity contribution in [2.45, 2.75) is 32.9 Å². The zero-order chi connectivity index (χ0) is 10.4. The number of ether oxygens (including phenoxy) is 1. The Labute approximate surface area is 84.1 Å². The fraction of sp³-hybridized carbons (Fsp3) is 0.700. The van der Waals surface area contributed by atoms with E-state index in [1.165, 1.54) is 0 Å². The second kappa shape index (κ2) is 5.65. The smallest absolute Gasteiger partial charge is 0.328 e. The van der Waals surface area contributed by atoms with Gasteiger partial charge in [0.25, 0.3) is 0 Å². The molecule has 0 fully saturated rings. The van der Waals surface area contributed by atoms with E-state index in [2.05, 4.69) is 0 Å². The van der Waals surface area contributed by atoms with Gasteiger partial charge in [0.2, 0.25) is 0 Å². The lowest BCUT2D eigenvalue weighted by atomic mass is 10.3. The van der Waals surface area contributed by atoms with Gasteiger partial charge in [0.15, 0.2) is 0 Å². The largest absolute Gasteiger partial charge is 0.385 e. The van der Waals surface area contributed by atoms with E-state index >= 15 is 0 Å². The van der Waals surface area contributed by atoms with E-state index in [0.717, 1.165) is 32.5 Å². The van der Waals surface area contributed by atoms with Crippen LogP contribution in [0.25, 0.3) is 0 Å². The monoisotopic (exact) mass is 198 g/mol. The van der Waals surface area contributed by atoms with Crippen LogP contribution >= 0.6 is 0 Å². The van der Waals surface area contributed by atoms with Crippen LogP contribution in [0.4, 0.5) is 0 Å². The molecule has 1 heterocycles. The Morgan fingerprint density at radius 1 is 1.29 bits per heavy atom. The molecule has 0 spiro atoms. The Hall–Kier alpha value is -1.03. The lowest BCUT2D eigenvalue weighted by molar-refractivity contribution is 0.191. The predicted octanol–water partition coefficient (Wildman–Crippen LogP) is 1.10. The summed E-state index contributed by atoms with van der Waals surface area (Å²) in [6.07, 6.45) is 5.67. The lowest BCUT2D eigenvalue weighted by Crippen LogP contribution is -2.23. The highest BCUT2D eigenvalue weighted by molar-refractivity contribution is 4.80. The van der Waals surface area contributed by atoms with Gasteiger partial charge in [-0.2, -0.15) is 0 Å². The molecule has 80 valence electrons. The minimum absolute atomic E-state index is 0.0879. The Bertz CT molecular complexity index is 314. The van der Waals surface area contributed by atoms with Gasteiger partial charge < -0.3 is 4.74 Å². The van der Waals surface area contributed by atoms with Gasteiger partial charge in [-0.25, -0.2) is 4.79 Å². The molecule has 0 aliphatic carbocycles. The molecule has 0 atom stereocenters. The van der Waals surface area contributed by atoms with Crippen molar-refractivity contribution in [3.05, 3.63) is 22.9 Å². The number of rotatable bonds is 6. The molecule has 1 aromatic rings. The molecule has 0 amide bonds. The molecule has 0 bridgehead atoms. The second-order valence-corrected chi connectivity index (χ2v) is 3.26. The molecule has 0 saturated heterocycles. The number of aromatic nitrogens is 2. The van der Waals surface area contributed by atoms with Gasteiger partial charge in [-0.1, -0.05) is 0 Å². The van der Waals surface area contributed by atoms with Crippen LogP contribution in [-0.2, 0) is 17.8 Å². The molecule has 0 aromatic carbocycles. The average Bonchev–Trinajstić information content (AvgIpc) is 2.55. The minimum atomic E-state index is 0.0879. The number of nitrogens with zero attached hydrogens (tertiary/aromatic N) is 2. The number of methoxy groups -OCH3 is 1. The highest BCUT2D eigenvalue weighted by Crippen LogP contribution is 1.93. The Morgan fingerprint density at radius 2 is 2.00 bits per heavy atom. The molecule has 0 unspecified atom stereocenters. The van der Waals surface area contributed by atoms with E-state index in [4.69, 9.17) is 4.74 Å². The Balaban J connectivity index is 2.43. The maximum atomic E-state index is 11.6. The maximum absolute atomic E-state index is 11.6. The van der Waals surface area contributed by atoms with Gasteiger partial charge in [0.1, 0.15) is 0 Å². The van der Waals surface area contributed by atoms with Crippen LogP contribution in [-0.4, -0.2) is 22.9 Å². The van der Waals surface area contributed by atoms with Crippen molar-refractivity contribution in [2.75, 3.05) is 13.7 Å². The van der Waals surface area contributed by atoms with Crippen molar-refractivity contribution in [2.24, 2.45) is 0 Å². The Morgan fingerprint density at radius 3 is 2.57 bits per heavy atom. The van der Waals surface area contributed by atoms with Crippen molar-refractivity contribution in [3.63, 3.8) is 0 Å². The average molecular weight is 198 g/mol. The number of hydrogen-bond donors (Lipinski definition) is 0. The van der Waals surface area contributed by atoms with Crippen molar-refractivity contribution in [1.29, 1.82) is 0 Å². The molecule has 4 heteroatoms. The first-order valence-electron chi connectivity index (χ1n) is 5.04. The number of imidazole rings is 1. The zero-order valence-corrected chi connectivity index (χ0v) is 8.90. The summed E-state index contributed by atoms with van der Waals surface area (Å²) in [6, 6.07) is 0. The summed E-state index contributed by atoms with van der Waals surface area (Å²) in [5.74, 6) is 0. The highest BCUT2D eigenvalue weighted by Gasteiger charge is 2.00. The van der Waals surface area contributed by atoms with Gasteiger partial charge in [0, 0.05) is 39.2 Å². The van der Waals surface area contributed by atoms with Gasteiger partial charge in [-0.15, -0.1) is 0 Å². The van der Waals surface area contributed by atoms with Gasteiger partial charge in [0.05, 0.1) is 0 Å². The Kier molecular flexibility index (Phi) is 4.46. The van der Waals surface area contributed by atoms with Crippen molar-refractivity contribution < 1.29 is 4.74 Å². The SMILES string of the molecule is CCn1ccn(CCCCOC)c1=O. The van der Waals surface area contributed by atoms with Crippen LogP contribution in [0.1, 0.15) is 19.8 Å². The molecular weight excluding hydrogens is 180 g/mol. The van der Waals surface area contributed by atoms with E-state index < -0.39 is 0 Å². The number of unbranched alkanes of at least 4 members (excludes halogenated alkanes) is 1. The number of hydrogen-bond acceptors (Lipinski definition) is 2. The molecule has 0 saturated carbocycles. The molecule has 4 nitrogen and oxygen atoms in total. The fourth-order valence-electron chi connectivity index (χ4n) is 1.39. The molecule has 0 N–H and O–H groups in total. The summed E-state index contributed by atoms with van der Waals surface area (Å²) in [6.45, 7) is 4.26. The topological polar surface area (TPSA) is 36.2 Å². The summed E-state index contributed by atoms with van der Waals surface area (Å²) < 4.78 is 8.40. The first-order valence-corrected chi connectivity index (χ1v) is 5.04. The first-order chi connectivity index (χ1) is 6.79. The third-order valence-corrected chi connectivity index (χ3v) is 2.26. The summed E-state index contributed by atoms with van der Waals surface area (Å²) >= 11 is 0. The summed E-state index contributed by atoms with van der Waals surface area (Å²) in [4.78, 5) is 11.6. The van der Waals surface area contributed by atoms with E-state index in [-0.39, 0.29) is 5.69 Å². The third kappa shape index (κ3) is 2.73. The summed E-state index contributed by atoms with van der Waals surface area (Å²) in [5.41, 5.74) is 0.0879. The second-order valence-electron chi connectivity index (χ2n) is 3.26. The van der Waals surface area contributed by atoms with Crippen molar-refractivity contribution in [3.8, 4) is 0 Å². The summed E-state index contributed by atoms with van der Waals surface area (Å²) in [7, 11) is 1.69. The van der Waals surface area contributed by atoms with Crippen LogP contribution in [0.15, 0.2) is 17.2 Å². The van der Waals surface area contributed by atoms with Crippen LogP contribution < -0.4 is 5.69 Å². The molecular formula is C10H18N2O2. The van der Waals surface area contributed by atoms with Gasteiger partial charge >= 0.3 is 5.69 Å². The van der Waals surface area contributed by atoms with E-state index in [0.29, 0.717) is 0 Å². The molecule has 1 aromatic heterocycles. The van der Waals surface area contributed by atoms with E-state index in [1.807, 2.05) is 19.3 Å². The third-order valence-electron chi connectivity index (χ3n) is 2.26. The van der Waals surface area contributed by atoms with E-state index in [9.17, 15) is 4.79 Å². The van der Waals surface area contributed by atoms with Crippen LogP contribution in [0, 0.1) is 0 Å². The highest BCUT2D eigenvalue weighted by atomic mass is 16.5. The minimum Gasteiger partial charge on any atom is -0.385 e. The molecule has 1 rings (SSSR count). The quantitative estimate of drug-likeness (QED) is 0.642. The van der Waals surface area contributed by atoms with Crippen LogP contribution in [0.2, 0.25) is 0 Å². The fourth-order valence-corrected chi connectivity index (χ4v) is 1.39. The molecule has 0 radical (unpaired) electrons. The maximum Gasteiger partial charge on any atom is 0.328 e. The molecule has 0 aliphatic heterocycles. The first kappa shape index (κ1) is 11.0. The van der Waals surface area contributed by atoms with Crippen molar-refractivity contribution >= 4 is 0 Å². The number of aryl methyl sites for hydroxylation is 2. The molecule has 14 heavy (non-hydrogen) atoms. The van der Waals surface area contributed by atoms with E-state index in [1.54, 1.807) is 16.2 Å². The molecule has 0 aliphatic rings. The standard InChI is InChI=1S/C10H18N2O2/c1-3-11-7-8-12(10(11)13)6-4-5-9-14-2/h7-8H,3-6,9H2,1-2H3. The van der Waals surface area contributed by atoms with Crippen molar-refractivity contribution in [1.82, 2.24) is 9.13 Å². The lowest BCUT2D eigenvalue weighted by Gasteiger charge is -2.00. The van der Waals surface area contributed by atoms with Crippen LogP contribution in [0.3, 0.4) is 0 Å². The zero-order valence-electron chi connectivity index (χ0n) is 8.90. The van der Waals surface area contributed by atoms with Crippen LogP contribution in [0.5, 0.6) is 0 Å². The van der Waals surface area contributed by atoms with Gasteiger partial charge in [-0.3, -0.25) is 9.13 Å². The summed E-state index contributed by atoms with van der Waals surface area (Å²) in [5, 5.41) is 0. The van der Waals surface area contributed by atoms with Gasteiger partial charge in [-0.05, 0) is 19.8 Å².